The van der Waals surface area contributed by atoms with Crippen molar-refractivity contribution in [3.8, 4) is 5.75 Å². The van der Waals surface area contributed by atoms with Crippen LogP contribution in [0.2, 0.25) is 10.0 Å². The highest BCUT2D eigenvalue weighted by molar-refractivity contribution is 6.42. The second kappa shape index (κ2) is 12.4. The molecular weight excluding hydrogens is 471 g/mol. The highest BCUT2D eigenvalue weighted by atomic mass is 35.5. The molecule has 0 aliphatic heterocycles. The van der Waals surface area contributed by atoms with E-state index in [0.717, 1.165) is 16.7 Å². The Kier molecular flexibility index (Phi) is 9.37. The van der Waals surface area contributed by atoms with Gasteiger partial charge in [-0.25, -0.2) is 0 Å². The number of ether oxygens (including phenoxy) is 1. The highest BCUT2D eigenvalue weighted by Crippen LogP contribution is 2.24. The molecule has 34 heavy (non-hydrogen) atoms. The zero-order valence-electron chi connectivity index (χ0n) is 19.3. The van der Waals surface area contributed by atoms with Crippen molar-refractivity contribution in [3.05, 3.63) is 99.5 Å². The molecular formula is C27H28Cl2N2O3. The second-order valence-corrected chi connectivity index (χ2v) is 8.79. The summed E-state index contributed by atoms with van der Waals surface area (Å²) in [6.07, 6.45) is 0.365. The van der Waals surface area contributed by atoms with Crippen molar-refractivity contribution in [1.82, 2.24) is 10.2 Å². The molecule has 7 heteroatoms. The van der Waals surface area contributed by atoms with Gasteiger partial charge < -0.3 is 15.0 Å². The second-order valence-electron chi connectivity index (χ2n) is 7.97. The van der Waals surface area contributed by atoms with Crippen molar-refractivity contribution in [1.29, 1.82) is 0 Å². The van der Waals surface area contributed by atoms with Gasteiger partial charge in [-0.3, -0.25) is 9.59 Å². The lowest BCUT2D eigenvalue weighted by Crippen LogP contribution is -2.51. The van der Waals surface area contributed by atoms with Crippen LogP contribution in [-0.2, 0) is 22.6 Å². The van der Waals surface area contributed by atoms with Gasteiger partial charge in [-0.1, -0.05) is 77.3 Å². The lowest BCUT2D eigenvalue weighted by atomic mass is 10.0. The minimum absolute atomic E-state index is 0.182. The fraction of sp³-hybridized carbons (Fsp3) is 0.259. The van der Waals surface area contributed by atoms with Crippen LogP contribution in [-0.4, -0.2) is 35.9 Å². The molecule has 0 saturated heterocycles. The number of benzene rings is 3. The van der Waals surface area contributed by atoms with Crippen LogP contribution in [0.15, 0.2) is 72.8 Å². The molecule has 0 saturated carbocycles. The predicted octanol–water partition coefficient (Wildman–Crippen LogP) is 5.46. The summed E-state index contributed by atoms with van der Waals surface area (Å²) in [4.78, 5) is 28.1. The van der Waals surface area contributed by atoms with Gasteiger partial charge in [-0.2, -0.15) is 0 Å². The number of hydrogen-bond donors (Lipinski definition) is 1. The van der Waals surface area contributed by atoms with Crippen LogP contribution in [0.4, 0.5) is 0 Å². The third-order valence-electron chi connectivity index (χ3n) is 5.34. The highest BCUT2D eigenvalue weighted by Gasteiger charge is 2.30. The smallest absolute Gasteiger partial charge is 0.261 e. The minimum Gasteiger partial charge on any atom is -0.484 e. The van der Waals surface area contributed by atoms with E-state index < -0.39 is 6.04 Å². The van der Waals surface area contributed by atoms with Crippen LogP contribution in [0.1, 0.15) is 23.6 Å². The molecule has 178 valence electrons. The molecule has 1 N–H and O–H groups in total. The first-order valence-electron chi connectivity index (χ1n) is 11.1. The maximum absolute atomic E-state index is 13.4. The maximum atomic E-state index is 13.4. The summed E-state index contributed by atoms with van der Waals surface area (Å²) in [5.41, 5.74) is 2.81. The van der Waals surface area contributed by atoms with E-state index in [4.69, 9.17) is 27.9 Å². The predicted molar refractivity (Wildman–Crippen MR) is 136 cm³/mol. The van der Waals surface area contributed by atoms with E-state index in [1.54, 1.807) is 23.1 Å². The van der Waals surface area contributed by atoms with E-state index >= 15 is 0 Å². The molecule has 1 atom stereocenters. The van der Waals surface area contributed by atoms with Gasteiger partial charge in [0.15, 0.2) is 6.61 Å². The van der Waals surface area contributed by atoms with E-state index in [9.17, 15) is 9.59 Å². The Bertz CT molecular complexity index is 1100. The largest absolute Gasteiger partial charge is 0.484 e. The Morgan fingerprint density at radius 2 is 1.65 bits per heavy atom. The van der Waals surface area contributed by atoms with Gasteiger partial charge >= 0.3 is 0 Å². The van der Waals surface area contributed by atoms with Gasteiger partial charge in [0.25, 0.3) is 5.91 Å². The van der Waals surface area contributed by atoms with Crippen molar-refractivity contribution >= 4 is 35.0 Å². The van der Waals surface area contributed by atoms with Crippen molar-refractivity contribution in [2.45, 2.75) is 32.9 Å². The van der Waals surface area contributed by atoms with Crippen molar-refractivity contribution < 1.29 is 14.3 Å². The molecule has 1 unspecified atom stereocenters. The first kappa shape index (κ1) is 25.6. The lowest BCUT2D eigenvalue weighted by Gasteiger charge is -2.31. The first-order valence-corrected chi connectivity index (χ1v) is 11.9. The van der Waals surface area contributed by atoms with Crippen LogP contribution in [0, 0.1) is 6.92 Å². The number of carbonyl (C=O) groups excluding carboxylic acids is 2. The molecule has 0 aliphatic carbocycles. The summed E-state index contributed by atoms with van der Waals surface area (Å²) in [6.45, 7) is 4.27. The summed E-state index contributed by atoms with van der Waals surface area (Å²) in [6, 6.07) is 21.6. The number of likely N-dealkylation sites (N-methyl/N-ethyl adjacent to an activating group) is 1. The molecule has 0 spiro atoms. The topological polar surface area (TPSA) is 58.6 Å². The van der Waals surface area contributed by atoms with Crippen molar-refractivity contribution in [3.63, 3.8) is 0 Å². The summed E-state index contributed by atoms with van der Waals surface area (Å²) in [5.74, 6) is 0.0555. The summed E-state index contributed by atoms with van der Waals surface area (Å²) >= 11 is 12.3. The van der Waals surface area contributed by atoms with E-state index in [2.05, 4.69) is 5.32 Å². The fourth-order valence-corrected chi connectivity index (χ4v) is 3.86. The average Bonchev–Trinajstić information content (AvgIpc) is 2.83. The van der Waals surface area contributed by atoms with Crippen LogP contribution in [0.5, 0.6) is 5.75 Å². The number of nitrogens with one attached hydrogen (secondary N) is 1. The van der Waals surface area contributed by atoms with Crippen molar-refractivity contribution in [2.75, 3.05) is 13.2 Å². The van der Waals surface area contributed by atoms with Gasteiger partial charge in [0.1, 0.15) is 11.8 Å². The number of aryl methyl sites for hydroxylation is 1. The number of rotatable bonds is 10. The molecule has 2 amide bonds. The lowest BCUT2D eigenvalue weighted by molar-refractivity contribution is -0.142. The average molecular weight is 499 g/mol. The van der Waals surface area contributed by atoms with Gasteiger partial charge in [0.05, 0.1) is 10.0 Å². The van der Waals surface area contributed by atoms with Gasteiger partial charge in [-0.05, 0) is 49.2 Å². The molecule has 0 aliphatic rings. The monoisotopic (exact) mass is 498 g/mol. The van der Waals surface area contributed by atoms with Crippen LogP contribution in [0.3, 0.4) is 0 Å². The zero-order chi connectivity index (χ0) is 24.5. The molecule has 3 aromatic carbocycles. The fourth-order valence-electron chi connectivity index (χ4n) is 3.54. The standard InChI is InChI=1S/C27H28Cl2N2O3/c1-3-30-27(33)25(16-20-7-5-4-6-8-20)31(17-21-11-14-23(28)24(29)15-21)26(32)18-34-22-12-9-19(2)10-13-22/h4-15,25H,3,16-18H2,1-2H3,(H,30,33). The summed E-state index contributed by atoms with van der Waals surface area (Å²) in [7, 11) is 0. The molecule has 0 fully saturated rings. The Hall–Kier alpha value is -3.02. The van der Waals surface area contributed by atoms with Crippen molar-refractivity contribution in [2.24, 2.45) is 0 Å². The van der Waals surface area contributed by atoms with E-state index in [1.165, 1.54) is 0 Å². The Labute approximate surface area is 210 Å². The molecule has 3 aromatic rings. The van der Waals surface area contributed by atoms with E-state index in [-0.39, 0.29) is 25.0 Å². The molecule has 0 heterocycles. The Morgan fingerprint density at radius 1 is 0.941 bits per heavy atom. The maximum Gasteiger partial charge on any atom is 0.261 e. The summed E-state index contributed by atoms with van der Waals surface area (Å²) in [5, 5.41) is 3.68. The molecule has 0 aromatic heterocycles. The van der Waals surface area contributed by atoms with Gasteiger partial charge in [0, 0.05) is 19.5 Å². The van der Waals surface area contributed by atoms with Crippen LogP contribution >= 0.6 is 23.2 Å². The van der Waals surface area contributed by atoms with Crippen LogP contribution < -0.4 is 10.1 Å². The molecule has 0 bridgehead atoms. The quantitative estimate of drug-likeness (QED) is 0.403. The first-order chi connectivity index (χ1) is 16.4. The third kappa shape index (κ3) is 7.24. The van der Waals surface area contributed by atoms with Gasteiger partial charge in [-0.15, -0.1) is 0 Å². The number of nitrogens with zero attached hydrogens (tertiary/aromatic N) is 1. The molecule has 0 radical (unpaired) electrons. The zero-order valence-corrected chi connectivity index (χ0v) is 20.8. The van der Waals surface area contributed by atoms with E-state index in [0.29, 0.717) is 28.8 Å². The van der Waals surface area contributed by atoms with E-state index in [1.807, 2.05) is 68.4 Å². The number of amides is 2. The number of hydrogen-bond acceptors (Lipinski definition) is 3. The Morgan fingerprint density at radius 3 is 2.29 bits per heavy atom. The van der Waals surface area contributed by atoms with Crippen LogP contribution in [0.25, 0.3) is 0 Å². The molecule has 5 nitrogen and oxygen atoms in total. The molecule has 3 rings (SSSR count). The Balaban J connectivity index is 1.90. The number of halogens is 2. The minimum atomic E-state index is -0.731. The third-order valence-corrected chi connectivity index (χ3v) is 6.08. The van der Waals surface area contributed by atoms with Gasteiger partial charge in [0.2, 0.25) is 5.91 Å². The number of carbonyl (C=O) groups is 2. The summed E-state index contributed by atoms with van der Waals surface area (Å²) < 4.78 is 5.75. The normalized spacial score (nSPS) is 11.5. The SMILES string of the molecule is CCNC(=O)C(Cc1ccccc1)N(Cc1ccc(Cl)c(Cl)c1)C(=O)COc1ccc(C)cc1.